The zero-order valence-corrected chi connectivity index (χ0v) is 10.2. The molecule has 0 amide bonds. The number of benzene rings is 1. The van der Waals surface area contributed by atoms with Crippen molar-refractivity contribution >= 4 is 5.69 Å². The Morgan fingerprint density at radius 1 is 1.29 bits per heavy atom. The third kappa shape index (κ3) is 3.00. The second kappa shape index (κ2) is 5.39. The number of rotatable bonds is 5. The molecule has 0 saturated heterocycles. The Kier molecular flexibility index (Phi) is 3.65. The average molecular weight is 231 g/mol. The number of hydrogen-bond donors (Lipinski definition) is 2. The van der Waals surface area contributed by atoms with Gasteiger partial charge in [0.05, 0.1) is 12.8 Å². The number of ether oxygens (including phenoxy) is 1. The minimum atomic E-state index is 0.695. The van der Waals surface area contributed by atoms with Crippen molar-refractivity contribution in [1.29, 1.82) is 0 Å². The Morgan fingerprint density at radius 3 is 2.65 bits per heavy atom. The van der Waals surface area contributed by atoms with E-state index in [0.717, 1.165) is 23.7 Å². The smallest absolute Gasteiger partial charge is 0.119 e. The summed E-state index contributed by atoms with van der Waals surface area (Å²) in [5.74, 6) is 0.901. The van der Waals surface area contributed by atoms with Crippen molar-refractivity contribution in [1.82, 2.24) is 10.2 Å². The van der Waals surface area contributed by atoms with Crippen LogP contribution in [0.25, 0.3) is 0 Å². The monoisotopic (exact) mass is 231 g/mol. The molecule has 0 spiro atoms. The second-order valence-electron chi connectivity index (χ2n) is 3.83. The lowest BCUT2D eigenvalue weighted by Crippen LogP contribution is -2.00. The molecule has 4 heteroatoms. The molecule has 2 rings (SSSR count). The van der Waals surface area contributed by atoms with Crippen molar-refractivity contribution in [3.63, 3.8) is 0 Å². The molecule has 2 aromatic rings. The largest absolute Gasteiger partial charge is 0.494 e. The van der Waals surface area contributed by atoms with E-state index >= 15 is 0 Å². The van der Waals surface area contributed by atoms with Crippen LogP contribution in [-0.2, 0) is 6.54 Å². The molecule has 0 radical (unpaired) electrons. The summed E-state index contributed by atoms with van der Waals surface area (Å²) in [6, 6.07) is 7.96. The van der Waals surface area contributed by atoms with Gasteiger partial charge in [-0.1, -0.05) is 0 Å². The topological polar surface area (TPSA) is 49.9 Å². The van der Waals surface area contributed by atoms with Crippen LogP contribution in [0.1, 0.15) is 18.2 Å². The van der Waals surface area contributed by atoms with Crippen molar-refractivity contribution in [2.45, 2.75) is 20.4 Å². The van der Waals surface area contributed by atoms with E-state index in [4.69, 9.17) is 4.74 Å². The summed E-state index contributed by atoms with van der Waals surface area (Å²) >= 11 is 0. The molecule has 1 aromatic heterocycles. The van der Waals surface area contributed by atoms with Crippen LogP contribution < -0.4 is 10.1 Å². The quantitative estimate of drug-likeness (QED) is 0.831. The van der Waals surface area contributed by atoms with Gasteiger partial charge in [0.1, 0.15) is 5.75 Å². The van der Waals surface area contributed by atoms with Gasteiger partial charge in [0.25, 0.3) is 0 Å². The number of anilines is 1. The number of aromatic nitrogens is 2. The molecular formula is C13H17N3O. The predicted molar refractivity (Wildman–Crippen MR) is 68.3 cm³/mol. The molecule has 1 heterocycles. The predicted octanol–water partition coefficient (Wildman–Crippen LogP) is 2.73. The van der Waals surface area contributed by atoms with Crippen LogP contribution in [0.15, 0.2) is 30.5 Å². The molecular weight excluding hydrogens is 214 g/mol. The number of nitrogens with zero attached hydrogens (tertiary/aromatic N) is 1. The van der Waals surface area contributed by atoms with Gasteiger partial charge in [0.2, 0.25) is 0 Å². The van der Waals surface area contributed by atoms with E-state index in [1.54, 1.807) is 0 Å². The molecule has 0 aliphatic rings. The lowest BCUT2D eigenvalue weighted by atomic mass is 10.2. The maximum absolute atomic E-state index is 5.39. The Hall–Kier alpha value is -1.97. The van der Waals surface area contributed by atoms with E-state index in [9.17, 15) is 0 Å². The Morgan fingerprint density at radius 2 is 2.06 bits per heavy atom. The van der Waals surface area contributed by atoms with Gasteiger partial charge in [-0.25, -0.2) is 0 Å². The van der Waals surface area contributed by atoms with Gasteiger partial charge in [-0.15, -0.1) is 0 Å². The molecule has 2 N–H and O–H groups in total. The van der Waals surface area contributed by atoms with E-state index in [0.29, 0.717) is 6.61 Å². The van der Waals surface area contributed by atoms with Gasteiger partial charge in [-0.3, -0.25) is 5.10 Å². The first-order valence-electron chi connectivity index (χ1n) is 5.75. The number of aryl methyl sites for hydroxylation is 1. The van der Waals surface area contributed by atoms with E-state index in [-0.39, 0.29) is 0 Å². The molecule has 0 atom stereocenters. The lowest BCUT2D eigenvalue weighted by Gasteiger charge is -2.07. The van der Waals surface area contributed by atoms with Crippen molar-refractivity contribution in [2.24, 2.45) is 0 Å². The van der Waals surface area contributed by atoms with Crippen molar-refractivity contribution in [2.75, 3.05) is 11.9 Å². The van der Waals surface area contributed by atoms with Crippen LogP contribution in [-0.4, -0.2) is 16.8 Å². The number of hydrogen-bond acceptors (Lipinski definition) is 3. The third-order valence-electron chi connectivity index (χ3n) is 2.58. The highest BCUT2D eigenvalue weighted by Gasteiger charge is 2.00. The Bertz CT molecular complexity index is 462. The van der Waals surface area contributed by atoms with Gasteiger partial charge < -0.3 is 10.1 Å². The summed E-state index contributed by atoms with van der Waals surface area (Å²) in [6.07, 6.45) is 1.84. The van der Waals surface area contributed by atoms with Crippen LogP contribution in [0.4, 0.5) is 5.69 Å². The summed E-state index contributed by atoms with van der Waals surface area (Å²) in [6.45, 7) is 5.47. The maximum Gasteiger partial charge on any atom is 0.119 e. The highest BCUT2D eigenvalue weighted by molar-refractivity contribution is 5.46. The normalized spacial score (nSPS) is 10.2. The number of aromatic amines is 1. The van der Waals surface area contributed by atoms with Crippen LogP contribution >= 0.6 is 0 Å². The van der Waals surface area contributed by atoms with Crippen LogP contribution in [0.5, 0.6) is 5.75 Å². The fourth-order valence-corrected chi connectivity index (χ4v) is 1.59. The van der Waals surface area contributed by atoms with Crippen LogP contribution in [0, 0.1) is 6.92 Å². The SMILES string of the molecule is CCOc1ccc(NCc2cn[nH]c2C)cc1. The van der Waals surface area contributed by atoms with E-state index in [1.165, 1.54) is 5.56 Å². The van der Waals surface area contributed by atoms with Gasteiger partial charge in [0, 0.05) is 23.5 Å². The van der Waals surface area contributed by atoms with Crippen molar-refractivity contribution in [3.8, 4) is 5.75 Å². The summed E-state index contributed by atoms with van der Waals surface area (Å²) in [7, 11) is 0. The maximum atomic E-state index is 5.39. The standard InChI is InChI=1S/C13H17N3O/c1-3-17-13-6-4-12(5-7-13)14-8-11-9-15-16-10(11)2/h4-7,9,14H,3,8H2,1-2H3,(H,15,16). The first-order chi connectivity index (χ1) is 8.29. The van der Waals surface area contributed by atoms with Crippen LogP contribution in [0.2, 0.25) is 0 Å². The third-order valence-corrected chi connectivity index (χ3v) is 2.58. The first kappa shape index (κ1) is 11.5. The zero-order valence-electron chi connectivity index (χ0n) is 10.2. The summed E-state index contributed by atoms with van der Waals surface area (Å²) in [5.41, 5.74) is 3.36. The summed E-state index contributed by atoms with van der Waals surface area (Å²) in [5, 5.41) is 10.2. The van der Waals surface area contributed by atoms with E-state index in [1.807, 2.05) is 44.3 Å². The van der Waals surface area contributed by atoms with Gasteiger partial charge >= 0.3 is 0 Å². The number of nitrogens with one attached hydrogen (secondary N) is 2. The Balaban J connectivity index is 1.93. The molecule has 0 aliphatic carbocycles. The fourth-order valence-electron chi connectivity index (χ4n) is 1.59. The zero-order chi connectivity index (χ0) is 12.1. The van der Waals surface area contributed by atoms with E-state index < -0.39 is 0 Å². The molecule has 1 aromatic carbocycles. The van der Waals surface area contributed by atoms with Gasteiger partial charge in [0.15, 0.2) is 0 Å². The first-order valence-corrected chi connectivity index (χ1v) is 5.75. The van der Waals surface area contributed by atoms with Gasteiger partial charge in [-0.2, -0.15) is 5.10 Å². The van der Waals surface area contributed by atoms with E-state index in [2.05, 4.69) is 15.5 Å². The molecule has 0 unspecified atom stereocenters. The fraction of sp³-hybridized carbons (Fsp3) is 0.308. The molecule has 90 valence electrons. The van der Waals surface area contributed by atoms with Crippen molar-refractivity contribution in [3.05, 3.63) is 41.7 Å². The second-order valence-corrected chi connectivity index (χ2v) is 3.83. The minimum Gasteiger partial charge on any atom is -0.494 e. The van der Waals surface area contributed by atoms with Crippen molar-refractivity contribution < 1.29 is 4.74 Å². The lowest BCUT2D eigenvalue weighted by molar-refractivity contribution is 0.340. The molecule has 0 aliphatic heterocycles. The summed E-state index contributed by atoms with van der Waals surface area (Å²) < 4.78 is 5.39. The number of H-pyrrole nitrogens is 1. The molecule has 0 fully saturated rings. The molecule has 0 saturated carbocycles. The van der Waals surface area contributed by atoms with Gasteiger partial charge in [-0.05, 0) is 38.1 Å². The Labute approximate surface area is 101 Å². The molecule has 17 heavy (non-hydrogen) atoms. The highest BCUT2D eigenvalue weighted by atomic mass is 16.5. The molecule has 4 nitrogen and oxygen atoms in total. The minimum absolute atomic E-state index is 0.695. The summed E-state index contributed by atoms with van der Waals surface area (Å²) in [4.78, 5) is 0. The molecule has 0 bridgehead atoms. The van der Waals surface area contributed by atoms with Crippen LogP contribution in [0.3, 0.4) is 0 Å². The highest BCUT2D eigenvalue weighted by Crippen LogP contribution is 2.16. The average Bonchev–Trinajstić information content (AvgIpc) is 2.75.